The summed E-state index contributed by atoms with van der Waals surface area (Å²) in [5, 5.41) is 7.77. The zero-order valence-corrected chi connectivity index (χ0v) is 16.5. The third-order valence-corrected chi connectivity index (χ3v) is 4.99. The van der Waals surface area contributed by atoms with Crippen molar-refractivity contribution in [2.45, 2.75) is 0 Å². The van der Waals surface area contributed by atoms with Crippen molar-refractivity contribution in [3.8, 4) is 11.3 Å². The normalized spacial score (nSPS) is 11.5. The van der Waals surface area contributed by atoms with Crippen LogP contribution >= 0.6 is 0 Å². The molecule has 0 fully saturated rings. The number of rotatable bonds is 5. The van der Waals surface area contributed by atoms with E-state index >= 15 is 0 Å². The van der Waals surface area contributed by atoms with Crippen molar-refractivity contribution in [2.75, 3.05) is 16.3 Å². The lowest BCUT2D eigenvalue weighted by atomic mass is 10.0. The molecule has 9 heteroatoms. The van der Waals surface area contributed by atoms with E-state index in [1.165, 1.54) is 6.26 Å². The number of aromatic nitrogens is 2. The van der Waals surface area contributed by atoms with E-state index in [2.05, 4.69) is 15.1 Å². The Labute approximate surface area is 167 Å². The Morgan fingerprint density at radius 2 is 1.90 bits per heavy atom. The summed E-state index contributed by atoms with van der Waals surface area (Å²) < 4.78 is 32.5. The number of benzene rings is 2. The average molecular weight is 410 g/mol. The van der Waals surface area contributed by atoms with Gasteiger partial charge in [0.1, 0.15) is 5.58 Å². The molecule has 0 spiro atoms. The molecule has 2 aromatic carbocycles. The Morgan fingerprint density at radius 3 is 2.62 bits per heavy atom. The van der Waals surface area contributed by atoms with Gasteiger partial charge in [-0.1, -0.05) is 12.1 Å². The van der Waals surface area contributed by atoms with Crippen LogP contribution in [0.4, 0.5) is 11.4 Å². The second-order valence-corrected chi connectivity index (χ2v) is 8.32. The van der Waals surface area contributed by atoms with Gasteiger partial charge in [-0.15, -0.1) is 0 Å². The van der Waals surface area contributed by atoms with E-state index < -0.39 is 10.0 Å². The third kappa shape index (κ3) is 3.85. The Kier molecular flexibility index (Phi) is 4.59. The van der Waals surface area contributed by atoms with Gasteiger partial charge in [0.15, 0.2) is 0 Å². The maximum atomic E-state index is 12.9. The molecule has 0 aliphatic carbocycles. The highest BCUT2D eigenvalue weighted by Crippen LogP contribution is 2.32. The molecular weight excluding hydrogens is 392 g/mol. The minimum absolute atomic E-state index is 0.361. The molecule has 2 heterocycles. The Hall–Kier alpha value is -3.59. The molecular formula is C20H18N4O4S. The number of hydrogen-bond acceptors (Lipinski definition) is 5. The van der Waals surface area contributed by atoms with Crippen LogP contribution in [-0.2, 0) is 17.1 Å². The summed E-state index contributed by atoms with van der Waals surface area (Å²) in [5.74, 6) is -0.363. The molecule has 29 heavy (non-hydrogen) atoms. The third-order valence-electron chi connectivity index (χ3n) is 4.38. The zero-order chi connectivity index (χ0) is 20.6. The van der Waals surface area contributed by atoms with Crippen LogP contribution in [0.3, 0.4) is 0 Å². The smallest absolute Gasteiger partial charge is 0.259 e. The van der Waals surface area contributed by atoms with Crippen molar-refractivity contribution < 1.29 is 17.6 Å². The summed E-state index contributed by atoms with van der Waals surface area (Å²) in [7, 11) is -1.56. The Balaban J connectivity index is 1.66. The molecule has 1 amide bonds. The first kappa shape index (κ1) is 18.8. The lowest BCUT2D eigenvalue weighted by molar-refractivity contribution is 0.102. The second-order valence-electron chi connectivity index (χ2n) is 6.57. The van der Waals surface area contributed by atoms with Gasteiger partial charge >= 0.3 is 0 Å². The first-order valence-electron chi connectivity index (χ1n) is 8.69. The molecule has 2 N–H and O–H groups in total. The number of fused-ring (bicyclic) bond motifs is 1. The van der Waals surface area contributed by atoms with Crippen LogP contribution in [0, 0.1) is 0 Å². The molecule has 4 rings (SSSR count). The summed E-state index contributed by atoms with van der Waals surface area (Å²) in [6.45, 7) is 0. The van der Waals surface area contributed by atoms with Gasteiger partial charge in [0, 0.05) is 29.9 Å². The highest BCUT2D eigenvalue weighted by molar-refractivity contribution is 7.92. The van der Waals surface area contributed by atoms with E-state index in [4.69, 9.17) is 4.42 Å². The average Bonchev–Trinajstić information content (AvgIpc) is 3.28. The van der Waals surface area contributed by atoms with Gasteiger partial charge in [0.25, 0.3) is 5.91 Å². The predicted octanol–water partition coefficient (Wildman–Crippen LogP) is 3.46. The van der Waals surface area contributed by atoms with E-state index in [0.29, 0.717) is 22.5 Å². The summed E-state index contributed by atoms with van der Waals surface area (Å²) >= 11 is 0. The van der Waals surface area contributed by atoms with Crippen molar-refractivity contribution in [1.29, 1.82) is 0 Å². The SMILES string of the molecule is Cn1nccc1-c1ccc(C(=O)Nc2cccc(NS(C)(=O)=O)c2)c2occc12. The molecule has 0 saturated carbocycles. The van der Waals surface area contributed by atoms with Crippen molar-refractivity contribution in [3.05, 3.63) is 66.6 Å². The molecule has 0 aliphatic heterocycles. The fraction of sp³-hybridized carbons (Fsp3) is 0.100. The number of carbonyl (C=O) groups is 1. The Bertz CT molecular complexity index is 1320. The van der Waals surface area contributed by atoms with Crippen molar-refractivity contribution in [2.24, 2.45) is 7.05 Å². The first-order valence-corrected chi connectivity index (χ1v) is 10.6. The van der Waals surface area contributed by atoms with Crippen molar-refractivity contribution >= 4 is 38.3 Å². The van der Waals surface area contributed by atoms with Gasteiger partial charge in [0.2, 0.25) is 10.0 Å². The molecule has 0 saturated heterocycles. The first-order chi connectivity index (χ1) is 13.8. The Morgan fingerprint density at radius 1 is 1.10 bits per heavy atom. The summed E-state index contributed by atoms with van der Waals surface area (Å²) in [4.78, 5) is 12.9. The monoisotopic (exact) mass is 410 g/mol. The van der Waals surface area contributed by atoms with Crippen molar-refractivity contribution in [1.82, 2.24) is 9.78 Å². The number of carbonyl (C=O) groups excluding carboxylic acids is 1. The molecule has 0 bridgehead atoms. The van der Waals surface area contributed by atoms with Gasteiger partial charge in [0.05, 0.1) is 29.5 Å². The number of anilines is 2. The van der Waals surface area contributed by atoms with Crippen LogP contribution in [0.1, 0.15) is 10.4 Å². The van der Waals surface area contributed by atoms with Crippen LogP contribution in [0.25, 0.3) is 22.2 Å². The molecule has 0 unspecified atom stereocenters. The van der Waals surface area contributed by atoms with Crippen LogP contribution in [0.5, 0.6) is 0 Å². The summed E-state index contributed by atoms with van der Waals surface area (Å²) in [6.07, 6.45) is 4.31. The number of nitrogens with one attached hydrogen (secondary N) is 2. The molecule has 0 atom stereocenters. The largest absolute Gasteiger partial charge is 0.463 e. The van der Waals surface area contributed by atoms with Crippen LogP contribution < -0.4 is 10.0 Å². The van der Waals surface area contributed by atoms with E-state index in [9.17, 15) is 13.2 Å². The quantitative estimate of drug-likeness (QED) is 0.524. The number of amides is 1. The van der Waals surface area contributed by atoms with Gasteiger partial charge in [-0.3, -0.25) is 14.2 Å². The number of aryl methyl sites for hydroxylation is 1. The number of nitrogens with zero attached hydrogens (tertiary/aromatic N) is 2. The lowest BCUT2D eigenvalue weighted by Crippen LogP contribution is -2.13. The number of furan rings is 1. The maximum Gasteiger partial charge on any atom is 0.259 e. The predicted molar refractivity (Wildman–Crippen MR) is 111 cm³/mol. The van der Waals surface area contributed by atoms with Crippen LogP contribution in [0.2, 0.25) is 0 Å². The minimum atomic E-state index is -3.41. The number of sulfonamides is 1. The fourth-order valence-electron chi connectivity index (χ4n) is 3.18. The molecule has 0 aliphatic rings. The zero-order valence-electron chi connectivity index (χ0n) is 15.7. The topological polar surface area (TPSA) is 106 Å². The van der Waals surface area contributed by atoms with Gasteiger partial charge < -0.3 is 9.73 Å². The van der Waals surface area contributed by atoms with Crippen molar-refractivity contribution in [3.63, 3.8) is 0 Å². The van der Waals surface area contributed by atoms with Crippen LogP contribution in [-0.4, -0.2) is 30.4 Å². The molecule has 4 aromatic rings. The van der Waals surface area contributed by atoms with E-state index in [1.807, 2.05) is 25.2 Å². The summed E-state index contributed by atoms with van der Waals surface area (Å²) in [6, 6.07) is 13.7. The molecule has 8 nitrogen and oxygen atoms in total. The highest BCUT2D eigenvalue weighted by Gasteiger charge is 2.17. The van der Waals surface area contributed by atoms with E-state index in [0.717, 1.165) is 22.9 Å². The van der Waals surface area contributed by atoms with E-state index in [1.54, 1.807) is 41.2 Å². The van der Waals surface area contributed by atoms with E-state index in [-0.39, 0.29) is 5.91 Å². The summed E-state index contributed by atoms with van der Waals surface area (Å²) in [5.41, 5.74) is 3.47. The number of hydrogen-bond donors (Lipinski definition) is 2. The highest BCUT2D eigenvalue weighted by atomic mass is 32.2. The standard InChI is InChI=1S/C20H18N4O4S/c1-24-18(8-10-21-24)15-6-7-17(19-16(15)9-11-28-19)20(25)22-13-4-3-5-14(12-13)23-29(2,26)27/h3-12,23H,1-2H3,(H,22,25). The minimum Gasteiger partial charge on any atom is -0.463 e. The molecule has 2 aromatic heterocycles. The molecule has 0 radical (unpaired) electrons. The second kappa shape index (κ2) is 7.10. The lowest BCUT2D eigenvalue weighted by Gasteiger charge is -2.10. The van der Waals surface area contributed by atoms with Gasteiger partial charge in [-0.25, -0.2) is 8.42 Å². The molecule has 148 valence electrons. The fourth-order valence-corrected chi connectivity index (χ4v) is 3.73. The van der Waals surface area contributed by atoms with Gasteiger partial charge in [-0.05, 0) is 36.4 Å². The van der Waals surface area contributed by atoms with Crippen LogP contribution in [0.15, 0.2) is 65.4 Å². The maximum absolute atomic E-state index is 12.9. The van der Waals surface area contributed by atoms with Gasteiger partial charge in [-0.2, -0.15) is 5.10 Å².